The lowest BCUT2D eigenvalue weighted by atomic mass is 9.84. The van der Waals surface area contributed by atoms with E-state index < -0.39 is 0 Å². The molecular formula is C16H29N3O2. The first kappa shape index (κ1) is 16.3. The first-order chi connectivity index (χ1) is 10.2. The smallest absolute Gasteiger partial charge is 0.241 e. The molecule has 5 heteroatoms. The predicted molar refractivity (Wildman–Crippen MR) is 82.8 cm³/mol. The second kappa shape index (κ2) is 8.37. The minimum absolute atomic E-state index is 0.0198. The SMILES string of the molecule is CC(CC(=O)NCC(=O)N1CCCCC1)C1CCNCC1. The highest BCUT2D eigenvalue weighted by atomic mass is 16.2. The van der Waals surface area contributed by atoms with Crippen molar-refractivity contribution in [2.45, 2.75) is 45.4 Å². The molecule has 2 N–H and O–H groups in total. The third kappa shape index (κ3) is 5.30. The van der Waals surface area contributed by atoms with Crippen LogP contribution in [0.5, 0.6) is 0 Å². The van der Waals surface area contributed by atoms with Gasteiger partial charge in [-0.2, -0.15) is 0 Å². The summed E-state index contributed by atoms with van der Waals surface area (Å²) in [5.41, 5.74) is 0. The largest absolute Gasteiger partial charge is 0.347 e. The van der Waals surface area contributed by atoms with Crippen LogP contribution < -0.4 is 10.6 Å². The fraction of sp³-hybridized carbons (Fsp3) is 0.875. The van der Waals surface area contributed by atoms with E-state index in [9.17, 15) is 9.59 Å². The monoisotopic (exact) mass is 295 g/mol. The van der Waals surface area contributed by atoms with Crippen LogP contribution in [-0.4, -0.2) is 49.4 Å². The molecule has 5 nitrogen and oxygen atoms in total. The molecule has 0 aromatic carbocycles. The molecule has 2 aliphatic rings. The average Bonchev–Trinajstić information content (AvgIpc) is 2.54. The van der Waals surface area contributed by atoms with Gasteiger partial charge in [0, 0.05) is 19.5 Å². The van der Waals surface area contributed by atoms with Crippen molar-refractivity contribution in [2.75, 3.05) is 32.7 Å². The second-order valence-corrected chi connectivity index (χ2v) is 6.49. The zero-order valence-corrected chi connectivity index (χ0v) is 13.2. The van der Waals surface area contributed by atoms with Crippen LogP contribution in [0.1, 0.15) is 45.4 Å². The van der Waals surface area contributed by atoms with E-state index in [1.807, 2.05) is 4.90 Å². The minimum atomic E-state index is 0.0198. The van der Waals surface area contributed by atoms with E-state index in [4.69, 9.17) is 0 Å². The number of hydrogen-bond acceptors (Lipinski definition) is 3. The predicted octanol–water partition coefficient (Wildman–Crippen LogP) is 1.14. The molecule has 0 aromatic heterocycles. The Labute approximate surface area is 127 Å². The molecule has 0 aromatic rings. The third-order valence-corrected chi connectivity index (χ3v) is 4.84. The number of nitrogens with zero attached hydrogens (tertiary/aromatic N) is 1. The summed E-state index contributed by atoms with van der Waals surface area (Å²) >= 11 is 0. The summed E-state index contributed by atoms with van der Waals surface area (Å²) in [6.45, 7) is 6.13. The van der Waals surface area contributed by atoms with Crippen LogP contribution in [0.2, 0.25) is 0 Å². The average molecular weight is 295 g/mol. The number of piperidine rings is 2. The fourth-order valence-corrected chi connectivity index (χ4v) is 3.37. The van der Waals surface area contributed by atoms with Crippen molar-refractivity contribution in [2.24, 2.45) is 11.8 Å². The molecule has 2 fully saturated rings. The molecule has 0 bridgehead atoms. The van der Waals surface area contributed by atoms with Gasteiger partial charge in [0.05, 0.1) is 6.54 Å². The maximum Gasteiger partial charge on any atom is 0.241 e. The number of carbonyl (C=O) groups is 2. The first-order valence-electron chi connectivity index (χ1n) is 8.42. The highest BCUT2D eigenvalue weighted by Crippen LogP contribution is 2.24. The quantitative estimate of drug-likeness (QED) is 0.799. The third-order valence-electron chi connectivity index (χ3n) is 4.84. The van der Waals surface area contributed by atoms with Gasteiger partial charge in [0.2, 0.25) is 11.8 Å². The molecule has 120 valence electrons. The van der Waals surface area contributed by atoms with Gasteiger partial charge >= 0.3 is 0 Å². The number of hydrogen-bond donors (Lipinski definition) is 2. The Kier molecular flexibility index (Phi) is 6.49. The second-order valence-electron chi connectivity index (χ2n) is 6.49. The van der Waals surface area contributed by atoms with E-state index in [1.165, 1.54) is 6.42 Å². The topological polar surface area (TPSA) is 61.4 Å². The molecule has 0 spiro atoms. The lowest BCUT2D eigenvalue weighted by Crippen LogP contribution is -2.43. The van der Waals surface area contributed by atoms with Crippen molar-refractivity contribution in [3.63, 3.8) is 0 Å². The lowest BCUT2D eigenvalue weighted by molar-refractivity contribution is -0.133. The highest BCUT2D eigenvalue weighted by molar-refractivity contribution is 5.84. The fourth-order valence-electron chi connectivity index (χ4n) is 3.37. The summed E-state index contributed by atoms with van der Waals surface area (Å²) in [6, 6.07) is 0. The Morgan fingerprint density at radius 3 is 2.52 bits per heavy atom. The lowest BCUT2D eigenvalue weighted by Gasteiger charge is -2.28. The number of nitrogens with one attached hydrogen (secondary N) is 2. The van der Waals surface area contributed by atoms with Crippen molar-refractivity contribution in [1.29, 1.82) is 0 Å². The maximum absolute atomic E-state index is 12.0. The van der Waals surface area contributed by atoms with Crippen LogP contribution in [0.15, 0.2) is 0 Å². The summed E-state index contributed by atoms with van der Waals surface area (Å²) < 4.78 is 0. The molecule has 2 aliphatic heterocycles. The summed E-state index contributed by atoms with van der Waals surface area (Å²) in [7, 11) is 0. The van der Waals surface area contributed by atoms with Crippen molar-refractivity contribution in [1.82, 2.24) is 15.5 Å². The highest BCUT2D eigenvalue weighted by Gasteiger charge is 2.22. The molecule has 0 radical (unpaired) electrons. The molecular weight excluding hydrogens is 266 g/mol. The van der Waals surface area contributed by atoms with Gasteiger partial charge in [-0.25, -0.2) is 0 Å². The molecule has 0 aliphatic carbocycles. The molecule has 21 heavy (non-hydrogen) atoms. The van der Waals surface area contributed by atoms with Gasteiger partial charge in [0.25, 0.3) is 0 Å². The summed E-state index contributed by atoms with van der Waals surface area (Å²) in [6.07, 6.45) is 6.24. The molecule has 2 saturated heterocycles. The number of likely N-dealkylation sites (tertiary alicyclic amines) is 1. The van der Waals surface area contributed by atoms with Gasteiger partial charge in [-0.15, -0.1) is 0 Å². The van der Waals surface area contributed by atoms with E-state index in [0.29, 0.717) is 18.3 Å². The zero-order valence-electron chi connectivity index (χ0n) is 13.2. The van der Waals surface area contributed by atoms with Gasteiger partial charge in [0.15, 0.2) is 0 Å². The Bertz CT molecular complexity index is 347. The molecule has 2 amide bonds. The van der Waals surface area contributed by atoms with Crippen LogP contribution in [0.4, 0.5) is 0 Å². The maximum atomic E-state index is 12.0. The van der Waals surface area contributed by atoms with Gasteiger partial charge in [-0.1, -0.05) is 6.92 Å². The van der Waals surface area contributed by atoms with Crippen molar-refractivity contribution in [3.05, 3.63) is 0 Å². The van der Waals surface area contributed by atoms with Crippen LogP contribution in [0.25, 0.3) is 0 Å². The van der Waals surface area contributed by atoms with Gasteiger partial charge in [-0.05, 0) is 57.0 Å². The zero-order chi connectivity index (χ0) is 15.1. The summed E-state index contributed by atoms with van der Waals surface area (Å²) in [4.78, 5) is 25.9. The molecule has 1 atom stereocenters. The van der Waals surface area contributed by atoms with Crippen LogP contribution in [0.3, 0.4) is 0 Å². The summed E-state index contributed by atoms with van der Waals surface area (Å²) in [5.74, 6) is 1.12. The summed E-state index contributed by atoms with van der Waals surface area (Å²) in [5, 5.41) is 6.15. The number of carbonyl (C=O) groups excluding carboxylic acids is 2. The standard InChI is InChI=1S/C16H29N3O2/c1-13(14-5-7-17-8-6-14)11-15(20)18-12-16(21)19-9-3-2-4-10-19/h13-14,17H,2-12H2,1H3,(H,18,20). The Balaban J connectivity index is 1.65. The van der Waals surface area contributed by atoms with Crippen molar-refractivity contribution >= 4 is 11.8 Å². The molecule has 2 rings (SSSR count). The van der Waals surface area contributed by atoms with Crippen molar-refractivity contribution < 1.29 is 9.59 Å². The first-order valence-corrected chi connectivity index (χ1v) is 8.42. The van der Waals surface area contributed by atoms with Gasteiger partial charge in [-0.3, -0.25) is 9.59 Å². The molecule has 1 unspecified atom stereocenters. The van der Waals surface area contributed by atoms with Crippen LogP contribution in [-0.2, 0) is 9.59 Å². The van der Waals surface area contributed by atoms with Crippen LogP contribution >= 0.6 is 0 Å². The van der Waals surface area contributed by atoms with E-state index in [2.05, 4.69) is 17.6 Å². The molecule has 2 heterocycles. The van der Waals surface area contributed by atoms with Crippen LogP contribution in [0, 0.1) is 11.8 Å². The van der Waals surface area contributed by atoms with E-state index in [1.54, 1.807) is 0 Å². The van der Waals surface area contributed by atoms with Gasteiger partial charge < -0.3 is 15.5 Å². The Morgan fingerprint density at radius 1 is 1.19 bits per heavy atom. The molecule has 0 saturated carbocycles. The number of amides is 2. The van der Waals surface area contributed by atoms with E-state index in [0.717, 1.165) is 51.9 Å². The Morgan fingerprint density at radius 2 is 1.86 bits per heavy atom. The minimum Gasteiger partial charge on any atom is -0.347 e. The van der Waals surface area contributed by atoms with Gasteiger partial charge in [0.1, 0.15) is 0 Å². The van der Waals surface area contributed by atoms with E-state index >= 15 is 0 Å². The van der Waals surface area contributed by atoms with E-state index in [-0.39, 0.29) is 18.4 Å². The number of rotatable bonds is 5. The normalized spacial score (nSPS) is 21.9. The van der Waals surface area contributed by atoms with Crippen molar-refractivity contribution in [3.8, 4) is 0 Å². The Hall–Kier alpha value is -1.10.